The molecule has 0 radical (unpaired) electrons. The second-order valence-electron chi connectivity index (χ2n) is 5.80. The first-order valence-electron chi connectivity index (χ1n) is 7.16. The molecule has 4 heteroatoms. The molecule has 1 N–H and O–H groups in total. The van der Waals surface area contributed by atoms with Crippen LogP contribution in [0.15, 0.2) is 24.5 Å². The third kappa shape index (κ3) is 2.78. The van der Waals surface area contributed by atoms with E-state index in [9.17, 15) is 4.79 Å². The van der Waals surface area contributed by atoms with Crippen molar-refractivity contribution in [3.05, 3.63) is 30.1 Å². The van der Waals surface area contributed by atoms with Crippen LogP contribution >= 0.6 is 0 Å². The highest BCUT2D eigenvalue weighted by Crippen LogP contribution is 2.31. The molecule has 0 spiro atoms. The van der Waals surface area contributed by atoms with E-state index in [0.717, 1.165) is 31.5 Å². The Hall–Kier alpha value is -1.42. The second-order valence-corrected chi connectivity index (χ2v) is 5.80. The molecule has 1 aliphatic carbocycles. The number of carbonyl (C=O) groups is 1. The number of hydrogen-bond donors (Lipinski definition) is 1. The van der Waals surface area contributed by atoms with Gasteiger partial charge in [-0.25, -0.2) is 0 Å². The lowest BCUT2D eigenvalue weighted by Crippen LogP contribution is -2.39. The molecule has 0 aromatic carbocycles. The van der Waals surface area contributed by atoms with Crippen molar-refractivity contribution in [3.63, 3.8) is 0 Å². The zero-order valence-corrected chi connectivity index (χ0v) is 11.4. The minimum Gasteiger partial charge on any atom is -0.335 e. The summed E-state index contributed by atoms with van der Waals surface area (Å²) in [7, 11) is 0. The van der Waals surface area contributed by atoms with Crippen LogP contribution in [0.4, 0.5) is 0 Å². The number of carbonyl (C=O) groups excluding carboxylic acids is 1. The average molecular weight is 259 g/mol. The van der Waals surface area contributed by atoms with Gasteiger partial charge in [-0.15, -0.1) is 0 Å². The topological polar surface area (TPSA) is 45.2 Å². The van der Waals surface area contributed by atoms with E-state index in [1.54, 1.807) is 6.20 Å². The predicted octanol–water partition coefficient (Wildman–Crippen LogP) is 1.43. The van der Waals surface area contributed by atoms with Crippen molar-refractivity contribution in [2.45, 2.75) is 32.4 Å². The van der Waals surface area contributed by atoms with Crippen molar-refractivity contribution < 1.29 is 4.79 Å². The second kappa shape index (κ2) is 5.29. The van der Waals surface area contributed by atoms with Crippen LogP contribution in [0.1, 0.15) is 25.3 Å². The van der Waals surface area contributed by atoms with Crippen molar-refractivity contribution in [2.24, 2.45) is 11.8 Å². The van der Waals surface area contributed by atoms with Crippen LogP contribution in [-0.4, -0.2) is 34.9 Å². The summed E-state index contributed by atoms with van der Waals surface area (Å²) in [5.41, 5.74) is 1.13. The van der Waals surface area contributed by atoms with E-state index in [1.807, 2.05) is 18.3 Å². The number of nitrogens with zero attached hydrogens (tertiary/aromatic N) is 2. The number of aromatic nitrogens is 1. The molecule has 2 heterocycles. The molecular formula is C15H21N3O. The number of amides is 1. The first kappa shape index (κ1) is 12.6. The molecule has 1 aliphatic heterocycles. The normalized spacial score (nSPS) is 26.4. The minimum atomic E-state index is 0.150. The molecule has 1 aromatic rings. The Balaban J connectivity index is 1.72. The number of pyridine rings is 1. The third-order valence-electron chi connectivity index (χ3n) is 4.18. The van der Waals surface area contributed by atoms with Crippen molar-refractivity contribution in [3.8, 4) is 0 Å². The van der Waals surface area contributed by atoms with Crippen LogP contribution in [0.3, 0.4) is 0 Å². The Kier molecular flexibility index (Phi) is 3.51. The molecule has 1 aromatic heterocycles. The van der Waals surface area contributed by atoms with Gasteiger partial charge in [0.25, 0.3) is 0 Å². The summed E-state index contributed by atoms with van der Waals surface area (Å²) >= 11 is 0. The number of rotatable bonds is 4. The van der Waals surface area contributed by atoms with Crippen LogP contribution in [0.2, 0.25) is 0 Å². The van der Waals surface area contributed by atoms with Gasteiger partial charge in [0.2, 0.25) is 5.91 Å². The van der Waals surface area contributed by atoms with E-state index in [0.29, 0.717) is 24.4 Å². The van der Waals surface area contributed by atoms with Gasteiger partial charge in [0.1, 0.15) is 0 Å². The Morgan fingerprint density at radius 3 is 2.89 bits per heavy atom. The summed E-state index contributed by atoms with van der Waals surface area (Å²) in [5.74, 6) is 0.920. The molecule has 1 saturated carbocycles. The van der Waals surface area contributed by atoms with Crippen molar-refractivity contribution in [1.29, 1.82) is 0 Å². The smallest absolute Gasteiger partial charge is 0.227 e. The van der Waals surface area contributed by atoms with E-state index < -0.39 is 0 Å². The summed E-state index contributed by atoms with van der Waals surface area (Å²) < 4.78 is 0. The largest absolute Gasteiger partial charge is 0.335 e. The zero-order chi connectivity index (χ0) is 13.2. The highest BCUT2D eigenvalue weighted by Gasteiger charge is 2.39. The van der Waals surface area contributed by atoms with Gasteiger partial charge in [-0.05, 0) is 36.9 Å². The molecule has 2 atom stereocenters. The molecule has 1 amide bonds. The standard InChI is InChI=1S/C15H21N3O/c1-11-7-17-9-14(11)15(19)18(13-4-5-13)10-12-3-2-6-16-8-12/h2-3,6,8,11,13-14,17H,4-5,7,9-10H2,1H3/t11-,14-/m1/s1. The van der Waals surface area contributed by atoms with Gasteiger partial charge < -0.3 is 10.2 Å². The molecule has 0 unspecified atom stereocenters. The SMILES string of the molecule is C[C@@H]1CNC[C@H]1C(=O)N(Cc1cccnc1)C1CC1. The number of hydrogen-bond acceptors (Lipinski definition) is 3. The molecule has 2 aliphatic rings. The molecule has 19 heavy (non-hydrogen) atoms. The summed E-state index contributed by atoms with van der Waals surface area (Å²) in [6, 6.07) is 4.44. The van der Waals surface area contributed by atoms with E-state index in [1.165, 1.54) is 0 Å². The molecular weight excluding hydrogens is 238 g/mol. The number of nitrogens with one attached hydrogen (secondary N) is 1. The maximum absolute atomic E-state index is 12.7. The lowest BCUT2D eigenvalue weighted by molar-refractivity contribution is -0.137. The highest BCUT2D eigenvalue weighted by molar-refractivity contribution is 5.80. The summed E-state index contributed by atoms with van der Waals surface area (Å²) in [4.78, 5) is 18.9. The van der Waals surface area contributed by atoms with Crippen LogP contribution in [-0.2, 0) is 11.3 Å². The zero-order valence-electron chi connectivity index (χ0n) is 11.4. The molecule has 3 rings (SSSR count). The third-order valence-corrected chi connectivity index (χ3v) is 4.18. The molecule has 2 fully saturated rings. The van der Waals surface area contributed by atoms with Crippen LogP contribution in [0, 0.1) is 11.8 Å². The average Bonchev–Trinajstić information content (AvgIpc) is 3.18. The fourth-order valence-electron chi connectivity index (χ4n) is 2.82. The summed E-state index contributed by atoms with van der Waals surface area (Å²) in [6.45, 7) is 4.66. The summed E-state index contributed by atoms with van der Waals surface area (Å²) in [6.07, 6.45) is 5.94. The minimum absolute atomic E-state index is 0.150. The molecule has 0 bridgehead atoms. The van der Waals surface area contributed by atoms with Crippen LogP contribution < -0.4 is 5.32 Å². The fraction of sp³-hybridized carbons (Fsp3) is 0.600. The highest BCUT2D eigenvalue weighted by atomic mass is 16.2. The first-order chi connectivity index (χ1) is 9.25. The van der Waals surface area contributed by atoms with Gasteiger partial charge in [-0.2, -0.15) is 0 Å². The van der Waals surface area contributed by atoms with E-state index in [2.05, 4.69) is 22.1 Å². The lowest BCUT2D eigenvalue weighted by Gasteiger charge is -2.27. The van der Waals surface area contributed by atoms with E-state index >= 15 is 0 Å². The van der Waals surface area contributed by atoms with Gasteiger partial charge in [-0.1, -0.05) is 13.0 Å². The fourth-order valence-corrected chi connectivity index (χ4v) is 2.82. The molecule has 4 nitrogen and oxygen atoms in total. The quantitative estimate of drug-likeness (QED) is 0.889. The van der Waals surface area contributed by atoms with Crippen LogP contribution in [0.5, 0.6) is 0 Å². The van der Waals surface area contributed by atoms with Crippen molar-refractivity contribution >= 4 is 5.91 Å². The van der Waals surface area contributed by atoms with Gasteiger partial charge in [0, 0.05) is 31.5 Å². The van der Waals surface area contributed by atoms with Gasteiger partial charge in [0.05, 0.1) is 5.92 Å². The van der Waals surface area contributed by atoms with Gasteiger partial charge in [0.15, 0.2) is 0 Å². The van der Waals surface area contributed by atoms with Crippen molar-refractivity contribution in [2.75, 3.05) is 13.1 Å². The lowest BCUT2D eigenvalue weighted by atomic mass is 9.96. The first-order valence-corrected chi connectivity index (χ1v) is 7.16. The van der Waals surface area contributed by atoms with Gasteiger partial charge in [-0.3, -0.25) is 9.78 Å². The molecule has 102 valence electrons. The Bertz CT molecular complexity index is 444. The molecule has 1 saturated heterocycles. The van der Waals surface area contributed by atoms with Gasteiger partial charge >= 0.3 is 0 Å². The maximum Gasteiger partial charge on any atom is 0.227 e. The predicted molar refractivity (Wildman–Crippen MR) is 73.3 cm³/mol. The monoisotopic (exact) mass is 259 g/mol. The van der Waals surface area contributed by atoms with Crippen molar-refractivity contribution in [1.82, 2.24) is 15.2 Å². The van der Waals surface area contributed by atoms with Crippen LogP contribution in [0.25, 0.3) is 0 Å². The Morgan fingerprint density at radius 2 is 2.32 bits per heavy atom. The Labute approximate surface area is 114 Å². The van der Waals surface area contributed by atoms with E-state index in [4.69, 9.17) is 0 Å². The Morgan fingerprint density at radius 1 is 1.47 bits per heavy atom. The maximum atomic E-state index is 12.7. The van der Waals surface area contributed by atoms with E-state index in [-0.39, 0.29) is 5.92 Å². The summed E-state index contributed by atoms with van der Waals surface area (Å²) in [5, 5.41) is 3.32.